The molecule has 0 radical (unpaired) electrons. The lowest BCUT2D eigenvalue weighted by molar-refractivity contribution is -0.148. The van der Waals surface area contributed by atoms with Gasteiger partial charge in [-0.15, -0.1) is 0 Å². The maximum Gasteiger partial charge on any atom is 0.329 e. The zero-order chi connectivity index (χ0) is 9.07. The third-order valence-corrected chi connectivity index (χ3v) is 1.86. The van der Waals surface area contributed by atoms with E-state index in [1.165, 1.54) is 13.8 Å². The van der Waals surface area contributed by atoms with Crippen molar-refractivity contribution in [3.8, 4) is 0 Å². The first-order chi connectivity index (χ1) is 4.92. The molecule has 0 aliphatic heterocycles. The molecule has 0 heterocycles. The summed E-state index contributed by atoms with van der Waals surface area (Å²) in [4.78, 5) is 21.8. The predicted molar refractivity (Wildman–Crippen MR) is 44.7 cm³/mol. The zero-order valence-corrected chi connectivity index (χ0v) is 7.77. The first-order valence-electron chi connectivity index (χ1n) is 3.33. The van der Waals surface area contributed by atoms with Crippen molar-refractivity contribution in [2.24, 2.45) is 0 Å². The fourth-order valence-corrected chi connectivity index (χ4v) is 0.480. The summed E-state index contributed by atoms with van der Waals surface area (Å²) in [5.41, 5.74) is 0. The molecule has 3 nitrogen and oxygen atoms in total. The molecule has 0 spiro atoms. The maximum absolute atomic E-state index is 11.0. The summed E-state index contributed by atoms with van der Waals surface area (Å²) < 4.78 is 3.34. The Hall–Kier alpha value is -0.510. The van der Waals surface area contributed by atoms with E-state index in [0.29, 0.717) is 0 Å². The monoisotopic (exact) mass is 176 g/mol. The van der Waals surface area contributed by atoms with Crippen molar-refractivity contribution in [3.05, 3.63) is 0 Å². The van der Waals surface area contributed by atoms with Crippen LogP contribution >= 0.6 is 12.6 Å². The highest BCUT2D eigenvalue weighted by Crippen LogP contribution is 2.16. The van der Waals surface area contributed by atoms with Crippen LogP contribution in [0.4, 0.5) is 0 Å². The highest BCUT2D eigenvalue weighted by molar-refractivity contribution is 7.83. The molecule has 0 bridgehead atoms. The van der Waals surface area contributed by atoms with E-state index in [1.54, 1.807) is 6.92 Å². The smallest absolute Gasteiger partial charge is 0.329 e. The van der Waals surface area contributed by atoms with E-state index in [1.807, 2.05) is 0 Å². The first-order valence-corrected chi connectivity index (χ1v) is 3.78. The molecule has 4 heteroatoms. The van der Waals surface area contributed by atoms with Gasteiger partial charge < -0.3 is 4.74 Å². The zero-order valence-electron chi connectivity index (χ0n) is 6.88. The van der Waals surface area contributed by atoms with E-state index in [0.717, 1.165) is 0 Å². The standard InChI is InChI=1S/C7H12O3S/c1-4-10-6(9)7(3,11)5(2)8/h11H,4H2,1-3H3. The normalized spacial score (nSPS) is 15.3. The SMILES string of the molecule is CCOC(=O)C(C)(S)C(C)=O. The van der Waals surface area contributed by atoms with E-state index in [-0.39, 0.29) is 12.4 Å². The van der Waals surface area contributed by atoms with E-state index >= 15 is 0 Å². The molecule has 1 unspecified atom stereocenters. The molecule has 1 atom stereocenters. The van der Waals surface area contributed by atoms with Crippen molar-refractivity contribution in [1.29, 1.82) is 0 Å². The number of rotatable bonds is 3. The van der Waals surface area contributed by atoms with Crippen molar-refractivity contribution in [3.63, 3.8) is 0 Å². The Morgan fingerprint density at radius 1 is 1.55 bits per heavy atom. The molecule has 0 amide bonds. The van der Waals surface area contributed by atoms with Gasteiger partial charge in [-0.1, -0.05) is 0 Å². The van der Waals surface area contributed by atoms with Crippen LogP contribution in [0.15, 0.2) is 0 Å². The fourth-order valence-electron chi connectivity index (χ4n) is 0.415. The van der Waals surface area contributed by atoms with Crippen LogP contribution in [-0.4, -0.2) is 23.1 Å². The quantitative estimate of drug-likeness (QED) is 0.393. The number of ether oxygens (including phenoxy) is 1. The third-order valence-electron chi connectivity index (χ3n) is 1.36. The molecule has 0 saturated heterocycles. The van der Waals surface area contributed by atoms with Crippen LogP contribution in [-0.2, 0) is 14.3 Å². The molecule has 0 aromatic carbocycles. The molecule has 0 aromatic rings. The number of hydrogen-bond acceptors (Lipinski definition) is 4. The van der Waals surface area contributed by atoms with Crippen molar-refractivity contribution >= 4 is 24.4 Å². The Bertz CT molecular complexity index is 175. The highest BCUT2D eigenvalue weighted by Gasteiger charge is 2.35. The summed E-state index contributed by atoms with van der Waals surface area (Å²) in [6.07, 6.45) is 0. The van der Waals surface area contributed by atoms with E-state index in [4.69, 9.17) is 0 Å². The molecule has 11 heavy (non-hydrogen) atoms. The van der Waals surface area contributed by atoms with Crippen LogP contribution in [0.5, 0.6) is 0 Å². The van der Waals surface area contributed by atoms with Gasteiger partial charge in [0.1, 0.15) is 0 Å². The summed E-state index contributed by atoms with van der Waals surface area (Å²) in [5.74, 6) is -0.893. The average Bonchev–Trinajstić information content (AvgIpc) is 1.88. The molecular weight excluding hydrogens is 164 g/mol. The molecule has 0 aromatic heterocycles. The topological polar surface area (TPSA) is 43.4 Å². The lowest BCUT2D eigenvalue weighted by atomic mass is 10.1. The maximum atomic E-state index is 11.0. The second-order valence-corrected chi connectivity index (χ2v) is 3.24. The minimum atomic E-state index is -1.30. The Labute approximate surface area is 71.5 Å². The van der Waals surface area contributed by atoms with Crippen molar-refractivity contribution in [2.45, 2.75) is 25.5 Å². The molecule has 0 fully saturated rings. The average molecular weight is 176 g/mol. The van der Waals surface area contributed by atoms with Crippen molar-refractivity contribution < 1.29 is 14.3 Å². The Morgan fingerprint density at radius 3 is 2.27 bits per heavy atom. The number of esters is 1. The van der Waals surface area contributed by atoms with Gasteiger partial charge in [0.2, 0.25) is 0 Å². The molecule has 0 aliphatic rings. The first kappa shape index (κ1) is 10.5. The van der Waals surface area contributed by atoms with Gasteiger partial charge in [0.15, 0.2) is 10.5 Å². The second-order valence-electron chi connectivity index (χ2n) is 2.35. The predicted octanol–water partition coefficient (Wildman–Crippen LogP) is 0.827. The summed E-state index contributed by atoms with van der Waals surface area (Å²) >= 11 is 3.89. The third kappa shape index (κ3) is 2.54. The number of thiol groups is 1. The second kappa shape index (κ2) is 3.76. The summed E-state index contributed by atoms with van der Waals surface area (Å²) in [5, 5.41) is 0. The lowest BCUT2D eigenvalue weighted by Gasteiger charge is -2.16. The molecular formula is C7H12O3S. The van der Waals surface area contributed by atoms with Gasteiger partial charge in [0.25, 0.3) is 0 Å². The Balaban J connectivity index is 4.30. The van der Waals surface area contributed by atoms with Gasteiger partial charge in [-0.3, -0.25) is 9.59 Å². The van der Waals surface area contributed by atoms with Crippen LogP contribution in [0.1, 0.15) is 20.8 Å². The number of carbonyl (C=O) groups excluding carboxylic acids is 2. The van der Waals surface area contributed by atoms with Crippen LogP contribution in [0.25, 0.3) is 0 Å². The largest absolute Gasteiger partial charge is 0.465 e. The molecule has 64 valence electrons. The Morgan fingerprint density at radius 2 is 2.00 bits per heavy atom. The van der Waals surface area contributed by atoms with Crippen molar-refractivity contribution in [2.75, 3.05) is 6.61 Å². The summed E-state index contributed by atoms with van der Waals surface area (Å²) in [6, 6.07) is 0. The van der Waals surface area contributed by atoms with Crippen LogP contribution in [0.2, 0.25) is 0 Å². The molecule has 0 rings (SSSR count). The van der Waals surface area contributed by atoms with Gasteiger partial charge in [0, 0.05) is 0 Å². The van der Waals surface area contributed by atoms with Crippen molar-refractivity contribution in [1.82, 2.24) is 0 Å². The van der Waals surface area contributed by atoms with Gasteiger partial charge >= 0.3 is 5.97 Å². The van der Waals surface area contributed by atoms with Crippen LogP contribution < -0.4 is 0 Å². The van der Waals surface area contributed by atoms with Crippen LogP contribution in [0, 0.1) is 0 Å². The van der Waals surface area contributed by atoms with Gasteiger partial charge in [-0.2, -0.15) is 12.6 Å². The van der Waals surface area contributed by atoms with Gasteiger partial charge in [0.05, 0.1) is 6.61 Å². The number of Topliss-reactive ketones (excluding diaryl/α,β-unsaturated/α-hetero) is 1. The highest BCUT2D eigenvalue weighted by atomic mass is 32.1. The van der Waals surface area contributed by atoms with E-state index in [9.17, 15) is 9.59 Å². The van der Waals surface area contributed by atoms with Gasteiger partial charge in [-0.25, -0.2) is 0 Å². The van der Waals surface area contributed by atoms with Crippen LogP contribution in [0.3, 0.4) is 0 Å². The minimum Gasteiger partial charge on any atom is -0.465 e. The molecule has 0 aliphatic carbocycles. The Kier molecular flexibility index (Phi) is 3.58. The number of ketones is 1. The van der Waals surface area contributed by atoms with Gasteiger partial charge in [-0.05, 0) is 20.8 Å². The lowest BCUT2D eigenvalue weighted by Crippen LogP contribution is -2.38. The number of carbonyl (C=O) groups is 2. The summed E-state index contributed by atoms with van der Waals surface area (Å²) in [6.45, 7) is 4.69. The molecule has 0 N–H and O–H groups in total. The number of hydrogen-bond donors (Lipinski definition) is 1. The van der Waals surface area contributed by atoms with E-state index in [2.05, 4.69) is 17.4 Å². The minimum absolute atomic E-state index is 0.266. The summed E-state index contributed by atoms with van der Waals surface area (Å²) in [7, 11) is 0. The van der Waals surface area contributed by atoms with E-state index < -0.39 is 10.7 Å². The molecule has 0 saturated carbocycles. The fraction of sp³-hybridized carbons (Fsp3) is 0.714.